The summed E-state index contributed by atoms with van der Waals surface area (Å²) in [7, 11) is 0. The van der Waals surface area contributed by atoms with Gasteiger partial charge in [-0.3, -0.25) is 4.79 Å². The predicted octanol–water partition coefficient (Wildman–Crippen LogP) is -0.286. The first-order valence-electron chi connectivity index (χ1n) is 8.55. The van der Waals surface area contributed by atoms with Crippen molar-refractivity contribution >= 4 is 6.03 Å². The molecular weight excluding hydrogens is 312 g/mol. The second-order valence-electron chi connectivity index (χ2n) is 6.51. The van der Waals surface area contributed by atoms with Crippen molar-refractivity contribution in [2.75, 3.05) is 39.5 Å². The van der Waals surface area contributed by atoms with Gasteiger partial charge in [-0.2, -0.15) is 5.10 Å². The van der Waals surface area contributed by atoms with Gasteiger partial charge in [0.1, 0.15) is 6.04 Å². The molecule has 1 aliphatic carbocycles. The summed E-state index contributed by atoms with van der Waals surface area (Å²) in [5, 5.41) is 7.54. The van der Waals surface area contributed by atoms with Crippen LogP contribution in [0.15, 0.2) is 10.9 Å². The first-order chi connectivity index (χ1) is 11.7. The fraction of sp³-hybridized carbons (Fsp3) is 0.688. The molecule has 3 heterocycles. The summed E-state index contributed by atoms with van der Waals surface area (Å²) in [6, 6.07) is 1.06. The van der Waals surface area contributed by atoms with Gasteiger partial charge < -0.3 is 19.7 Å². The molecule has 2 atom stereocenters. The summed E-state index contributed by atoms with van der Waals surface area (Å²) >= 11 is 0. The van der Waals surface area contributed by atoms with Crippen LogP contribution < -0.4 is 10.9 Å². The van der Waals surface area contributed by atoms with E-state index in [1.54, 1.807) is 11.0 Å². The van der Waals surface area contributed by atoms with Crippen LogP contribution in [0.2, 0.25) is 0 Å². The number of aromatic nitrogens is 2. The first-order valence-corrected chi connectivity index (χ1v) is 8.55. The molecule has 2 amide bonds. The Kier molecular flexibility index (Phi) is 4.24. The highest BCUT2D eigenvalue weighted by molar-refractivity contribution is 5.74. The highest BCUT2D eigenvalue weighted by Crippen LogP contribution is 2.21. The molecule has 8 heteroatoms. The van der Waals surface area contributed by atoms with Gasteiger partial charge in [-0.25, -0.2) is 9.48 Å². The van der Waals surface area contributed by atoms with E-state index in [0.717, 1.165) is 30.5 Å². The number of hydrogen-bond acceptors (Lipinski definition) is 5. The van der Waals surface area contributed by atoms with Gasteiger partial charge in [0, 0.05) is 19.2 Å². The predicted molar refractivity (Wildman–Crippen MR) is 85.1 cm³/mol. The molecular formula is C16H22N4O4. The number of nitrogens with zero attached hydrogens (tertiary/aromatic N) is 3. The number of carbonyl (C=O) groups excluding carboxylic acids is 1. The minimum atomic E-state index is -0.256. The van der Waals surface area contributed by atoms with E-state index in [1.165, 1.54) is 4.68 Å². The van der Waals surface area contributed by atoms with Crippen molar-refractivity contribution in [1.29, 1.82) is 0 Å². The van der Waals surface area contributed by atoms with Crippen LogP contribution in [0.25, 0.3) is 0 Å². The number of aryl methyl sites for hydroxylation is 2. The van der Waals surface area contributed by atoms with Crippen molar-refractivity contribution in [3.8, 4) is 0 Å². The summed E-state index contributed by atoms with van der Waals surface area (Å²) in [4.78, 5) is 26.5. The number of amides is 2. The Morgan fingerprint density at radius 3 is 2.88 bits per heavy atom. The van der Waals surface area contributed by atoms with Crippen molar-refractivity contribution in [2.24, 2.45) is 0 Å². The van der Waals surface area contributed by atoms with Crippen molar-refractivity contribution in [2.45, 2.75) is 31.3 Å². The number of morpholine rings is 1. The van der Waals surface area contributed by atoms with Crippen LogP contribution in [0.5, 0.6) is 0 Å². The SMILES string of the molecule is O=C(NC1COCC1n1nc2c(cc1=O)CCC2)N1CCOCC1. The monoisotopic (exact) mass is 334 g/mol. The summed E-state index contributed by atoms with van der Waals surface area (Å²) < 4.78 is 12.3. The molecule has 0 spiro atoms. The Morgan fingerprint density at radius 2 is 2.04 bits per heavy atom. The zero-order valence-electron chi connectivity index (χ0n) is 13.6. The third-order valence-corrected chi connectivity index (χ3v) is 4.95. The second-order valence-corrected chi connectivity index (χ2v) is 6.51. The molecule has 24 heavy (non-hydrogen) atoms. The van der Waals surface area contributed by atoms with E-state index < -0.39 is 0 Å². The van der Waals surface area contributed by atoms with Crippen molar-refractivity contribution in [3.05, 3.63) is 27.7 Å². The highest BCUT2D eigenvalue weighted by atomic mass is 16.5. The molecule has 2 saturated heterocycles. The van der Waals surface area contributed by atoms with Crippen molar-refractivity contribution in [1.82, 2.24) is 20.0 Å². The van der Waals surface area contributed by atoms with E-state index in [9.17, 15) is 9.59 Å². The molecule has 0 aromatic carbocycles. The lowest BCUT2D eigenvalue weighted by Gasteiger charge is -2.29. The fourth-order valence-electron chi connectivity index (χ4n) is 3.59. The molecule has 0 radical (unpaired) electrons. The Labute approximate surface area is 139 Å². The molecule has 2 fully saturated rings. The molecule has 2 unspecified atom stereocenters. The smallest absolute Gasteiger partial charge is 0.317 e. The summed E-state index contributed by atoms with van der Waals surface area (Å²) in [6.07, 6.45) is 2.88. The van der Waals surface area contributed by atoms with E-state index in [4.69, 9.17) is 9.47 Å². The van der Waals surface area contributed by atoms with E-state index in [-0.39, 0.29) is 23.7 Å². The van der Waals surface area contributed by atoms with E-state index in [1.807, 2.05) is 0 Å². The van der Waals surface area contributed by atoms with Gasteiger partial charge in [0.15, 0.2) is 0 Å². The lowest BCUT2D eigenvalue weighted by molar-refractivity contribution is 0.0521. The van der Waals surface area contributed by atoms with E-state index >= 15 is 0 Å². The average molecular weight is 334 g/mol. The maximum absolute atomic E-state index is 12.4. The Hall–Kier alpha value is -1.93. The van der Waals surface area contributed by atoms with Crippen molar-refractivity contribution in [3.63, 3.8) is 0 Å². The minimum absolute atomic E-state index is 0.114. The zero-order valence-corrected chi connectivity index (χ0v) is 13.6. The molecule has 1 N–H and O–H groups in total. The van der Waals surface area contributed by atoms with Gasteiger partial charge in [0.05, 0.1) is 38.2 Å². The number of fused-ring (bicyclic) bond motifs is 1. The third-order valence-electron chi connectivity index (χ3n) is 4.95. The quantitative estimate of drug-likeness (QED) is 0.804. The Balaban J connectivity index is 1.51. The maximum atomic E-state index is 12.4. The Bertz CT molecular complexity index is 683. The molecule has 1 aromatic rings. The number of urea groups is 1. The molecule has 130 valence electrons. The largest absolute Gasteiger partial charge is 0.378 e. The van der Waals surface area contributed by atoms with Crippen LogP contribution in [0, 0.1) is 0 Å². The molecule has 1 aromatic heterocycles. The number of nitrogens with one attached hydrogen (secondary N) is 1. The third kappa shape index (κ3) is 2.91. The van der Waals surface area contributed by atoms with Gasteiger partial charge in [-0.1, -0.05) is 0 Å². The van der Waals surface area contributed by atoms with Gasteiger partial charge in [0.2, 0.25) is 0 Å². The van der Waals surface area contributed by atoms with Crippen LogP contribution in [0.4, 0.5) is 4.79 Å². The highest BCUT2D eigenvalue weighted by Gasteiger charge is 2.34. The summed E-state index contributed by atoms with van der Waals surface area (Å²) in [6.45, 7) is 3.07. The number of carbonyl (C=O) groups is 1. The van der Waals surface area contributed by atoms with E-state index in [2.05, 4.69) is 10.4 Å². The summed E-state index contributed by atoms with van der Waals surface area (Å²) in [5.74, 6) is 0. The maximum Gasteiger partial charge on any atom is 0.317 e. The second kappa shape index (κ2) is 6.52. The molecule has 3 aliphatic rings. The van der Waals surface area contributed by atoms with Crippen LogP contribution in [0.3, 0.4) is 0 Å². The number of rotatable bonds is 2. The molecule has 4 rings (SSSR count). The minimum Gasteiger partial charge on any atom is -0.378 e. The van der Waals surface area contributed by atoms with Crippen LogP contribution in [0.1, 0.15) is 23.7 Å². The van der Waals surface area contributed by atoms with E-state index in [0.29, 0.717) is 39.5 Å². The normalized spacial score (nSPS) is 26.4. The number of hydrogen-bond donors (Lipinski definition) is 1. The van der Waals surface area contributed by atoms with Gasteiger partial charge in [-0.15, -0.1) is 0 Å². The lowest BCUT2D eigenvalue weighted by atomic mass is 10.1. The van der Waals surface area contributed by atoms with Crippen molar-refractivity contribution < 1.29 is 14.3 Å². The molecule has 0 saturated carbocycles. The fourth-order valence-corrected chi connectivity index (χ4v) is 3.59. The van der Waals surface area contributed by atoms with Gasteiger partial charge in [-0.05, 0) is 24.8 Å². The topological polar surface area (TPSA) is 85.7 Å². The van der Waals surface area contributed by atoms with Gasteiger partial charge >= 0.3 is 6.03 Å². The molecule has 0 bridgehead atoms. The van der Waals surface area contributed by atoms with Crippen LogP contribution >= 0.6 is 0 Å². The lowest BCUT2D eigenvalue weighted by Crippen LogP contribution is -2.52. The van der Waals surface area contributed by atoms with Crippen LogP contribution in [-0.4, -0.2) is 66.3 Å². The van der Waals surface area contributed by atoms with Crippen LogP contribution in [-0.2, 0) is 22.3 Å². The van der Waals surface area contributed by atoms with Gasteiger partial charge in [0.25, 0.3) is 5.56 Å². The standard InChI is InChI=1S/C16H22N4O4/c21-15-8-11-2-1-3-12(11)18-20(15)14-10-24-9-13(14)17-16(22)19-4-6-23-7-5-19/h8,13-14H,1-7,9-10H2,(H,17,22). The average Bonchev–Trinajstić information content (AvgIpc) is 3.23. The zero-order chi connectivity index (χ0) is 16.5. The first kappa shape index (κ1) is 15.6. The summed E-state index contributed by atoms with van der Waals surface area (Å²) in [5.41, 5.74) is 1.94. The molecule has 2 aliphatic heterocycles. The number of ether oxygens (including phenoxy) is 2. The Morgan fingerprint density at radius 1 is 1.21 bits per heavy atom. The molecule has 8 nitrogen and oxygen atoms in total.